The molecule has 5 heteroatoms. The third kappa shape index (κ3) is 4.84. The Labute approximate surface area is 111 Å². The number of alkyl halides is 3. The standard InChI is InChI=1S/C14H19F3N2/c15-14(16,17)5-1-6-18-9-11-2-3-12-4-7-19-10-13(12)8-11/h2-3,8,18-19H,1,4-7,9-10H2. The highest BCUT2D eigenvalue weighted by atomic mass is 19.4. The van der Waals surface area contributed by atoms with Crippen molar-refractivity contribution in [2.75, 3.05) is 13.1 Å². The number of hydrogen-bond acceptors (Lipinski definition) is 2. The van der Waals surface area contributed by atoms with E-state index < -0.39 is 12.6 Å². The molecule has 0 saturated heterocycles. The SMILES string of the molecule is FC(F)(F)CCCNCc1ccc2c(c1)CNCC2. The van der Waals surface area contributed by atoms with Crippen molar-refractivity contribution >= 4 is 0 Å². The molecular weight excluding hydrogens is 253 g/mol. The fourth-order valence-corrected chi connectivity index (χ4v) is 2.29. The van der Waals surface area contributed by atoms with E-state index in [0.717, 1.165) is 25.1 Å². The topological polar surface area (TPSA) is 24.1 Å². The van der Waals surface area contributed by atoms with Crippen LogP contribution in [-0.2, 0) is 19.5 Å². The van der Waals surface area contributed by atoms with Gasteiger partial charge in [0, 0.05) is 19.5 Å². The zero-order valence-electron chi connectivity index (χ0n) is 10.8. The summed E-state index contributed by atoms with van der Waals surface area (Å²) in [4.78, 5) is 0. The molecule has 0 fully saturated rings. The summed E-state index contributed by atoms with van der Waals surface area (Å²) >= 11 is 0. The Morgan fingerprint density at radius 2 is 2.05 bits per heavy atom. The van der Waals surface area contributed by atoms with Crippen LogP contribution in [0, 0.1) is 0 Å². The monoisotopic (exact) mass is 272 g/mol. The molecule has 0 bridgehead atoms. The first-order valence-corrected chi connectivity index (χ1v) is 6.63. The van der Waals surface area contributed by atoms with E-state index in [1.807, 2.05) is 0 Å². The molecule has 1 aliphatic rings. The number of hydrogen-bond donors (Lipinski definition) is 2. The molecule has 1 aromatic rings. The van der Waals surface area contributed by atoms with Crippen molar-refractivity contribution in [2.24, 2.45) is 0 Å². The van der Waals surface area contributed by atoms with E-state index in [4.69, 9.17) is 0 Å². The van der Waals surface area contributed by atoms with Crippen LogP contribution in [0.2, 0.25) is 0 Å². The van der Waals surface area contributed by atoms with Crippen molar-refractivity contribution in [2.45, 2.75) is 38.5 Å². The molecule has 0 atom stereocenters. The van der Waals surface area contributed by atoms with Gasteiger partial charge in [-0.15, -0.1) is 0 Å². The second-order valence-electron chi connectivity index (χ2n) is 4.93. The van der Waals surface area contributed by atoms with Crippen LogP contribution in [0.4, 0.5) is 13.2 Å². The van der Waals surface area contributed by atoms with Crippen molar-refractivity contribution in [3.05, 3.63) is 34.9 Å². The van der Waals surface area contributed by atoms with Gasteiger partial charge in [-0.05, 0) is 42.6 Å². The molecule has 2 rings (SSSR count). The molecule has 0 saturated carbocycles. The molecule has 1 heterocycles. The van der Waals surface area contributed by atoms with Gasteiger partial charge in [-0.25, -0.2) is 0 Å². The first-order chi connectivity index (χ1) is 9.04. The number of benzene rings is 1. The van der Waals surface area contributed by atoms with Gasteiger partial charge in [0.25, 0.3) is 0 Å². The minimum atomic E-state index is -4.04. The lowest BCUT2D eigenvalue weighted by Crippen LogP contribution is -2.24. The van der Waals surface area contributed by atoms with Crippen LogP contribution in [0.1, 0.15) is 29.5 Å². The summed E-state index contributed by atoms with van der Waals surface area (Å²) in [6.07, 6.45) is -3.57. The zero-order valence-corrected chi connectivity index (χ0v) is 10.8. The van der Waals surface area contributed by atoms with Gasteiger partial charge in [0.05, 0.1) is 0 Å². The highest BCUT2D eigenvalue weighted by Crippen LogP contribution is 2.20. The third-order valence-electron chi connectivity index (χ3n) is 3.30. The van der Waals surface area contributed by atoms with E-state index in [-0.39, 0.29) is 6.42 Å². The van der Waals surface area contributed by atoms with Crippen LogP contribution in [0.25, 0.3) is 0 Å². The normalized spacial score (nSPS) is 15.3. The second-order valence-corrected chi connectivity index (χ2v) is 4.93. The number of nitrogens with one attached hydrogen (secondary N) is 2. The zero-order chi connectivity index (χ0) is 13.7. The molecule has 0 aromatic heterocycles. The van der Waals surface area contributed by atoms with Crippen LogP contribution in [0.15, 0.2) is 18.2 Å². The number of rotatable bonds is 5. The van der Waals surface area contributed by atoms with Crippen molar-refractivity contribution < 1.29 is 13.2 Å². The number of fused-ring (bicyclic) bond motifs is 1. The summed E-state index contributed by atoms with van der Waals surface area (Å²) < 4.78 is 35.9. The summed E-state index contributed by atoms with van der Waals surface area (Å²) in [5.74, 6) is 0. The average molecular weight is 272 g/mol. The van der Waals surface area contributed by atoms with Gasteiger partial charge in [0.1, 0.15) is 0 Å². The lowest BCUT2D eigenvalue weighted by molar-refractivity contribution is -0.135. The summed E-state index contributed by atoms with van der Waals surface area (Å²) in [5, 5.41) is 6.38. The maximum atomic E-state index is 12.0. The Morgan fingerprint density at radius 3 is 2.84 bits per heavy atom. The molecule has 1 aliphatic heterocycles. The van der Waals surface area contributed by atoms with Crippen molar-refractivity contribution in [3.8, 4) is 0 Å². The Kier molecular flexibility index (Phi) is 4.82. The predicted molar refractivity (Wildman–Crippen MR) is 68.8 cm³/mol. The molecule has 0 unspecified atom stereocenters. The van der Waals surface area contributed by atoms with Gasteiger partial charge >= 0.3 is 6.18 Å². The van der Waals surface area contributed by atoms with Crippen molar-refractivity contribution in [3.63, 3.8) is 0 Å². The highest BCUT2D eigenvalue weighted by molar-refractivity contribution is 5.33. The summed E-state index contributed by atoms with van der Waals surface area (Å²) in [6, 6.07) is 6.32. The maximum absolute atomic E-state index is 12.0. The minimum Gasteiger partial charge on any atom is -0.313 e. The van der Waals surface area contributed by atoms with E-state index >= 15 is 0 Å². The quantitative estimate of drug-likeness (QED) is 0.805. The van der Waals surface area contributed by atoms with Gasteiger partial charge < -0.3 is 10.6 Å². The minimum absolute atomic E-state index is 0.135. The molecular formula is C14H19F3N2. The second kappa shape index (κ2) is 6.39. The lowest BCUT2D eigenvalue weighted by atomic mass is 9.98. The average Bonchev–Trinajstić information content (AvgIpc) is 2.37. The van der Waals surface area contributed by atoms with E-state index in [2.05, 4.69) is 28.8 Å². The molecule has 2 nitrogen and oxygen atoms in total. The van der Waals surface area contributed by atoms with Crippen LogP contribution < -0.4 is 10.6 Å². The first kappa shape index (κ1) is 14.3. The largest absolute Gasteiger partial charge is 0.389 e. The lowest BCUT2D eigenvalue weighted by Gasteiger charge is -2.18. The maximum Gasteiger partial charge on any atom is 0.389 e. The smallest absolute Gasteiger partial charge is 0.313 e. The fourth-order valence-electron chi connectivity index (χ4n) is 2.29. The molecule has 0 aliphatic carbocycles. The summed E-state index contributed by atoms with van der Waals surface area (Å²) in [6.45, 7) is 2.93. The van der Waals surface area contributed by atoms with Gasteiger partial charge in [0.2, 0.25) is 0 Å². The Balaban J connectivity index is 1.74. The Morgan fingerprint density at radius 1 is 1.21 bits per heavy atom. The van der Waals surface area contributed by atoms with Gasteiger partial charge in [-0.2, -0.15) is 13.2 Å². The van der Waals surface area contributed by atoms with Gasteiger partial charge in [-0.1, -0.05) is 18.2 Å². The van der Waals surface area contributed by atoms with Gasteiger partial charge in [0.15, 0.2) is 0 Å². The van der Waals surface area contributed by atoms with Crippen molar-refractivity contribution in [1.29, 1.82) is 0 Å². The molecule has 1 aromatic carbocycles. The van der Waals surface area contributed by atoms with Gasteiger partial charge in [-0.3, -0.25) is 0 Å². The highest BCUT2D eigenvalue weighted by Gasteiger charge is 2.25. The first-order valence-electron chi connectivity index (χ1n) is 6.63. The van der Waals surface area contributed by atoms with Crippen LogP contribution in [0.3, 0.4) is 0 Å². The molecule has 0 amide bonds. The fraction of sp³-hybridized carbons (Fsp3) is 0.571. The summed E-state index contributed by atoms with van der Waals surface area (Å²) in [7, 11) is 0. The van der Waals surface area contributed by atoms with E-state index in [1.54, 1.807) is 0 Å². The van der Waals surface area contributed by atoms with E-state index in [0.29, 0.717) is 13.1 Å². The van der Waals surface area contributed by atoms with Crippen LogP contribution >= 0.6 is 0 Å². The van der Waals surface area contributed by atoms with Crippen LogP contribution in [0.5, 0.6) is 0 Å². The van der Waals surface area contributed by atoms with Crippen molar-refractivity contribution in [1.82, 2.24) is 10.6 Å². The molecule has 0 radical (unpaired) electrons. The molecule has 106 valence electrons. The third-order valence-corrected chi connectivity index (χ3v) is 3.30. The molecule has 19 heavy (non-hydrogen) atoms. The number of halogens is 3. The predicted octanol–water partition coefficient (Wildman–Crippen LogP) is 2.76. The Bertz CT molecular complexity index is 416. The molecule has 0 spiro atoms. The summed E-state index contributed by atoms with van der Waals surface area (Å²) in [5.41, 5.74) is 3.81. The molecule has 2 N–H and O–H groups in total. The van der Waals surface area contributed by atoms with E-state index in [1.165, 1.54) is 11.1 Å². The Hall–Kier alpha value is -1.07. The van der Waals surface area contributed by atoms with Crippen LogP contribution in [-0.4, -0.2) is 19.3 Å². The van der Waals surface area contributed by atoms with E-state index in [9.17, 15) is 13.2 Å².